The molecule has 19 heavy (non-hydrogen) atoms. The summed E-state index contributed by atoms with van der Waals surface area (Å²) in [6, 6.07) is 19.0. The second-order valence-electron chi connectivity index (χ2n) is 4.01. The Morgan fingerprint density at radius 1 is 1.00 bits per heavy atom. The summed E-state index contributed by atoms with van der Waals surface area (Å²) < 4.78 is 5.41. The number of hydrogen-bond acceptors (Lipinski definition) is 2. The minimum Gasteiger partial charge on any atom is -0.447 e. The molecule has 0 atom stereocenters. The summed E-state index contributed by atoms with van der Waals surface area (Å²) in [4.78, 5) is 14.6. The van der Waals surface area contributed by atoms with Crippen LogP contribution in [-0.2, 0) is 9.53 Å². The van der Waals surface area contributed by atoms with E-state index in [9.17, 15) is 4.79 Å². The molecule has 2 aromatic rings. The first-order chi connectivity index (χ1) is 9.31. The number of carbonyl (C=O) groups excluding carboxylic acids is 1. The standard InChI is InChI=1S/C16H13NO2/c1-17-12-15(18)19-16(13-8-4-2-5-9-13)14-10-6-3-7-11-14/h2-11,16H,12H2. The molecule has 94 valence electrons. The van der Waals surface area contributed by atoms with E-state index in [0.29, 0.717) is 0 Å². The summed E-state index contributed by atoms with van der Waals surface area (Å²) in [7, 11) is 0. The summed E-state index contributed by atoms with van der Waals surface area (Å²) in [5.74, 6) is -0.507. The Morgan fingerprint density at radius 2 is 1.47 bits per heavy atom. The summed E-state index contributed by atoms with van der Waals surface area (Å²) >= 11 is 0. The number of carbonyl (C=O) groups is 1. The molecule has 0 aliphatic rings. The maximum absolute atomic E-state index is 11.6. The van der Waals surface area contributed by atoms with Gasteiger partial charge in [0.25, 0.3) is 0 Å². The molecule has 0 spiro atoms. The van der Waals surface area contributed by atoms with E-state index in [0.717, 1.165) is 11.1 Å². The van der Waals surface area contributed by atoms with E-state index >= 15 is 0 Å². The molecule has 3 heteroatoms. The van der Waals surface area contributed by atoms with Gasteiger partial charge in [0, 0.05) is 0 Å². The Bertz CT molecular complexity index is 533. The molecule has 0 bridgehead atoms. The van der Waals surface area contributed by atoms with Crippen LogP contribution >= 0.6 is 0 Å². The van der Waals surface area contributed by atoms with Crippen molar-refractivity contribution in [3.8, 4) is 0 Å². The van der Waals surface area contributed by atoms with Crippen LogP contribution in [0.5, 0.6) is 0 Å². The predicted molar refractivity (Wildman–Crippen MR) is 72.3 cm³/mol. The first-order valence-electron chi connectivity index (χ1n) is 5.94. The van der Waals surface area contributed by atoms with Gasteiger partial charge in [-0.15, -0.1) is 0 Å². The summed E-state index contributed by atoms with van der Waals surface area (Å²) in [5, 5.41) is 0. The van der Waals surface area contributed by atoms with E-state index in [-0.39, 0.29) is 6.54 Å². The molecule has 2 rings (SSSR count). The number of benzene rings is 2. The highest BCUT2D eigenvalue weighted by Gasteiger charge is 2.19. The van der Waals surface area contributed by atoms with Gasteiger partial charge in [-0.3, -0.25) is 0 Å². The van der Waals surface area contributed by atoms with Crippen molar-refractivity contribution >= 4 is 5.97 Å². The third kappa shape index (κ3) is 3.43. The Hall–Kier alpha value is -2.60. The van der Waals surface area contributed by atoms with Gasteiger partial charge in [0.1, 0.15) is 0 Å². The van der Waals surface area contributed by atoms with Crippen LogP contribution in [0.4, 0.5) is 0 Å². The van der Waals surface area contributed by atoms with Gasteiger partial charge < -0.3 is 9.58 Å². The van der Waals surface area contributed by atoms with Crippen molar-refractivity contribution in [1.29, 1.82) is 0 Å². The molecule has 0 aromatic heterocycles. The lowest BCUT2D eigenvalue weighted by Gasteiger charge is -2.17. The molecule has 3 nitrogen and oxygen atoms in total. The van der Waals surface area contributed by atoms with Crippen molar-refractivity contribution in [2.24, 2.45) is 0 Å². The maximum atomic E-state index is 11.6. The van der Waals surface area contributed by atoms with E-state index < -0.39 is 12.1 Å². The Balaban J connectivity index is 2.30. The van der Waals surface area contributed by atoms with Crippen LogP contribution in [0.3, 0.4) is 0 Å². The first kappa shape index (κ1) is 12.8. The summed E-state index contributed by atoms with van der Waals surface area (Å²) in [6.07, 6.45) is -0.461. The summed E-state index contributed by atoms with van der Waals surface area (Å²) in [6.45, 7) is 6.46. The molecule has 0 N–H and O–H groups in total. The lowest BCUT2D eigenvalue weighted by molar-refractivity contribution is -0.145. The van der Waals surface area contributed by atoms with Crippen LogP contribution < -0.4 is 0 Å². The number of rotatable bonds is 4. The van der Waals surface area contributed by atoms with Gasteiger partial charge in [-0.05, 0) is 11.1 Å². The van der Waals surface area contributed by atoms with Gasteiger partial charge in [0.05, 0.1) is 0 Å². The zero-order valence-electron chi connectivity index (χ0n) is 10.3. The van der Waals surface area contributed by atoms with Crippen LogP contribution in [0.2, 0.25) is 0 Å². The first-order valence-corrected chi connectivity index (χ1v) is 5.94. The molecule has 0 fully saturated rings. The number of nitrogens with zero attached hydrogens (tertiary/aromatic N) is 1. The van der Waals surface area contributed by atoms with Gasteiger partial charge >= 0.3 is 12.5 Å². The lowest BCUT2D eigenvalue weighted by Crippen LogP contribution is -2.14. The molecule has 0 aliphatic heterocycles. The highest BCUT2D eigenvalue weighted by Crippen LogP contribution is 2.25. The van der Waals surface area contributed by atoms with Crippen molar-refractivity contribution in [2.75, 3.05) is 6.54 Å². The number of ether oxygens (including phenoxy) is 1. The topological polar surface area (TPSA) is 30.7 Å². The molecular weight excluding hydrogens is 238 g/mol. The van der Waals surface area contributed by atoms with Crippen LogP contribution in [0.1, 0.15) is 17.2 Å². The Morgan fingerprint density at radius 3 is 1.89 bits per heavy atom. The van der Waals surface area contributed by atoms with Crippen molar-refractivity contribution in [2.45, 2.75) is 6.10 Å². The normalized spacial score (nSPS) is 9.89. The van der Waals surface area contributed by atoms with Crippen LogP contribution in [0.25, 0.3) is 4.85 Å². The molecular formula is C16H13NO2. The van der Waals surface area contributed by atoms with Crippen molar-refractivity contribution in [1.82, 2.24) is 0 Å². The fraction of sp³-hybridized carbons (Fsp3) is 0.125. The molecule has 0 radical (unpaired) electrons. The molecule has 0 heterocycles. The van der Waals surface area contributed by atoms with Crippen LogP contribution in [-0.4, -0.2) is 12.5 Å². The summed E-state index contributed by atoms with van der Waals surface area (Å²) in [5.41, 5.74) is 1.79. The van der Waals surface area contributed by atoms with Crippen molar-refractivity contribution < 1.29 is 9.53 Å². The predicted octanol–water partition coefficient (Wildman–Crippen LogP) is 3.24. The van der Waals surface area contributed by atoms with Gasteiger partial charge in [-0.2, -0.15) is 0 Å². The molecule has 0 saturated heterocycles. The SMILES string of the molecule is [C-]#[N+]CC(=O)OC(c1ccccc1)c1ccccc1. The van der Waals surface area contributed by atoms with E-state index in [2.05, 4.69) is 4.85 Å². The fourth-order valence-corrected chi connectivity index (χ4v) is 1.82. The van der Waals surface area contributed by atoms with E-state index in [1.807, 2.05) is 60.7 Å². The van der Waals surface area contributed by atoms with Crippen LogP contribution in [0.15, 0.2) is 60.7 Å². The Labute approximate surface area is 112 Å². The van der Waals surface area contributed by atoms with Crippen molar-refractivity contribution in [3.05, 3.63) is 83.2 Å². The van der Waals surface area contributed by atoms with Gasteiger partial charge in [0.15, 0.2) is 6.10 Å². The molecule has 0 amide bonds. The minimum atomic E-state index is -0.507. The average molecular weight is 251 g/mol. The molecule has 2 aromatic carbocycles. The number of hydrogen-bond donors (Lipinski definition) is 0. The zero-order valence-corrected chi connectivity index (χ0v) is 10.3. The molecule has 0 aliphatic carbocycles. The van der Waals surface area contributed by atoms with Crippen LogP contribution in [0, 0.1) is 6.57 Å². The van der Waals surface area contributed by atoms with Gasteiger partial charge in [0.2, 0.25) is 0 Å². The Kier molecular flexibility index (Phi) is 4.30. The quantitative estimate of drug-likeness (QED) is 0.617. The zero-order chi connectivity index (χ0) is 13.5. The lowest BCUT2D eigenvalue weighted by atomic mass is 10.0. The largest absolute Gasteiger partial charge is 0.447 e. The maximum Gasteiger partial charge on any atom is 0.388 e. The molecule has 0 saturated carbocycles. The van der Waals surface area contributed by atoms with E-state index in [1.54, 1.807) is 0 Å². The van der Waals surface area contributed by atoms with Gasteiger partial charge in [-0.25, -0.2) is 11.4 Å². The molecule has 0 unspecified atom stereocenters. The second kappa shape index (κ2) is 6.36. The fourth-order valence-electron chi connectivity index (χ4n) is 1.82. The average Bonchev–Trinajstić information content (AvgIpc) is 2.47. The third-order valence-corrected chi connectivity index (χ3v) is 2.66. The highest BCUT2D eigenvalue weighted by atomic mass is 16.5. The second-order valence-corrected chi connectivity index (χ2v) is 4.01. The minimum absolute atomic E-state index is 0.254. The smallest absolute Gasteiger partial charge is 0.388 e. The van der Waals surface area contributed by atoms with E-state index in [4.69, 9.17) is 11.3 Å². The monoisotopic (exact) mass is 251 g/mol. The number of esters is 1. The van der Waals surface area contributed by atoms with Crippen molar-refractivity contribution in [3.63, 3.8) is 0 Å². The van der Waals surface area contributed by atoms with E-state index in [1.165, 1.54) is 0 Å². The third-order valence-electron chi connectivity index (χ3n) is 2.66. The van der Waals surface area contributed by atoms with Gasteiger partial charge in [-0.1, -0.05) is 60.7 Å². The highest BCUT2D eigenvalue weighted by molar-refractivity contribution is 5.73.